The predicted octanol–water partition coefficient (Wildman–Crippen LogP) is 4.89. The van der Waals surface area contributed by atoms with Crippen molar-refractivity contribution in [3.63, 3.8) is 0 Å². The van der Waals surface area contributed by atoms with Crippen LogP contribution in [0.1, 0.15) is 56.4 Å². The molecule has 0 spiro atoms. The smallest absolute Gasteiger partial charge is 0.335 e. The van der Waals surface area contributed by atoms with E-state index in [0.29, 0.717) is 48.2 Å². The van der Waals surface area contributed by atoms with Crippen LogP contribution in [0.5, 0.6) is 5.75 Å². The van der Waals surface area contributed by atoms with Crippen molar-refractivity contribution in [2.45, 2.75) is 42.6 Å². The van der Waals surface area contributed by atoms with E-state index < -0.39 is 21.9 Å². The van der Waals surface area contributed by atoms with Crippen LogP contribution in [0.4, 0.5) is 0 Å². The first kappa shape index (κ1) is 25.4. The molecular formula is C29H26N2O6S. The minimum Gasteiger partial charge on any atom is -0.484 e. The van der Waals surface area contributed by atoms with Crippen molar-refractivity contribution in [3.05, 3.63) is 113 Å². The van der Waals surface area contributed by atoms with Crippen LogP contribution in [0.15, 0.2) is 90.3 Å². The Balaban J connectivity index is 1.56. The van der Waals surface area contributed by atoms with E-state index in [1.165, 1.54) is 24.3 Å². The number of sulfone groups is 1. The molecule has 0 saturated heterocycles. The lowest BCUT2D eigenvalue weighted by Gasteiger charge is -2.25. The molecule has 8 nitrogen and oxygen atoms in total. The Labute approximate surface area is 220 Å². The number of hydrogen-bond acceptors (Lipinski definition) is 6. The van der Waals surface area contributed by atoms with Crippen LogP contribution in [0.25, 0.3) is 0 Å². The van der Waals surface area contributed by atoms with Gasteiger partial charge < -0.3 is 14.4 Å². The Hall–Kier alpha value is -4.24. The number of rotatable bonds is 9. The minimum absolute atomic E-state index is 0.000800. The van der Waals surface area contributed by atoms with Gasteiger partial charge in [-0.15, -0.1) is 0 Å². The molecule has 5 rings (SSSR count). The third-order valence-corrected chi connectivity index (χ3v) is 8.35. The fourth-order valence-electron chi connectivity index (χ4n) is 4.74. The van der Waals surface area contributed by atoms with E-state index in [0.717, 1.165) is 5.56 Å². The van der Waals surface area contributed by atoms with Crippen LogP contribution in [-0.2, 0) is 28.6 Å². The van der Waals surface area contributed by atoms with E-state index in [1.54, 1.807) is 24.7 Å². The number of carbonyl (C=O) groups is 2. The summed E-state index contributed by atoms with van der Waals surface area (Å²) in [5.41, 5.74) is 2.60. The highest BCUT2D eigenvalue weighted by Gasteiger charge is 2.28. The molecular weight excluding hydrogens is 504 g/mol. The summed E-state index contributed by atoms with van der Waals surface area (Å²) in [6.07, 6.45) is 6.38. The summed E-state index contributed by atoms with van der Waals surface area (Å²) in [5.74, 6) is -1.12. The fourth-order valence-corrected chi connectivity index (χ4v) is 6.16. The van der Waals surface area contributed by atoms with Crippen molar-refractivity contribution in [2.75, 3.05) is 0 Å². The number of carbonyl (C=O) groups excluding carboxylic acids is 1. The van der Waals surface area contributed by atoms with Gasteiger partial charge in [0, 0.05) is 29.9 Å². The Morgan fingerprint density at radius 3 is 2.47 bits per heavy atom. The average molecular weight is 531 g/mol. The quantitative estimate of drug-likeness (QED) is 0.327. The summed E-state index contributed by atoms with van der Waals surface area (Å²) in [7, 11) is -3.88. The molecule has 1 aromatic heterocycles. The number of fused-ring (bicyclic) bond motifs is 1. The number of imidazole rings is 1. The molecule has 1 unspecified atom stereocenters. The largest absolute Gasteiger partial charge is 0.484 e. The molecule has 4 aromatic rings. The van der Waals surface area contributed by atoms with E-state index in [4.69, 9.17) is 4.74 Å². The van der Waals surface area contributed by atoms with Gasteiger partial charge in [0.05, 0.1) is 29.1 Å². The zero-order chi connectivity index (χ0) is 26.7. The molecule has 0 amide bonds. The van der Waals surface area contributed by atoms with E-state index in [-0.39, 0.29) is 22.0 Å². The van der Waals surface area contributed by atoms with Gasteiger partial charge in [-0.25, -0.2) is 18.2 Å². The van der Waals surface area contributed by atoms with Gasteiger partial charge in [0.1, 0.15) is 11.9 Å². The lowest BCUT2D eigenvalue weighted by atomic mass is 9.87. The van der Waals surface area contributed by atoms with Crippen LogP contribution < -0.4 is 4.74 Å². The first-order valence-corrected chi connectivity index (χ1v) is 13.9. The van der Waals surface area contributed by atoms with Crippen LogP contribution in [0, 0.1) is 0 Å². The van der Waals surface area contributed by atoms with Crippen LogP contribution in [0.2, 0.25) is 0 Å². The molecule has 0 bridgehead atoms. The molecule has 38 heavy (non-hydrogen) atoms. The number of carboxylic acid groups (broad SMARTS) is 1. The third-order valence-electron chi connectivity index (χ3n) is 6.69. The van der Waals surface area contributed by atoms with Crippen molar-refractivity contribution in [2.24, 2.45) is 0 Å². The monoisotopic (exact) mass is 530 g/mol. The topological polar surface area (TPSA) is 116 Å². The van der Waals surface area contributed by atoms with Crippen molar-refractivity contribution >= 4 is 21.6 Å². The summed E-state index contributed by atoms with van der Waals surface area (Å²) >= 11 is 0. The SMILES string of the molecule is O=C(O)c1ccc(S(=O)(=O)Cc2c(OC(Cn3ccnc3)c3ccccc3)ccc3c2CCCC3=O)cc1. The maximum atomic E-state index is 13.5. The zero-order valence-electron chi connectivity index (χ0n) is 20.5. The highest BCUT2D eigenvalue weighted by atomic mass is 32.2. The summed E-state index contributed by atoms with van der Waals surface area (Å²) in [4.78, 5) is 28.0. The normalized spacial score (nSPS) is 14.1. The number of Topliss-reactive ketones (excluding diaryl/α,β-unsaturated/α-hetero) is 1. The molecule has 1 heterocycles. The Kier molecular flexibility index (Phi) is 7.11. The summed E-state index contributed by atoms with van der Waals surface area (Å²) < 4.78 is 35.5. The molecule has 1 aliphatic rings. The Bertz CT molecular complexity index is 1560. The molecule has 9 heteroatoms. The maximum absolute atomic E-state index is 13.5. The zero-order valence-corrected chi connectivity index (χ0v) is 21.3. The number of ketones is 1. The molecule has 1 aliphatic carbocycles. The third kappa shape index (κ3) is 5.38. The summed E-state index contributed by atoms with van der Waals surface area (Å²) in [5, 5.41) is 9.17. The van der Waals surface area contributed by atoms with Gasteiger partial charge in [0.25, 0.3) is 0 Å². The standard InChI is InChI=1S/C29H26N2O6S/c32-26-8-4-7-23-24(26)13-14-27(25(23)18-38(35,36)22-11-9-21(10-12-22)29(33)34)37-28(17-31-16-15-30-19-31)20-5-2-1-3-6-20/h1-3,5-6,9-16,19,28H,4,7-8,17-18H2,(H,33,34). The molecule has 0 fully saturated rings. The average Bonchev–Trinajstić information content (AvgIpc) is 3.43. The molecule has 0 radical (unpaired) electrons. The van der Waals surface area contributed by atoms with E-state index in [1.807, 2.05) is 41.1 Å². The molecule has 1 atom stereocenters. The van der Waals surface area contributed by atoms with Crippen molar-refractivity contribution in [3.8, 4) is 5.75 Å². The second kappa shape index (κ2) is 10.6. The fraction of sp³-hybridized carbons (Fsp3) is 0.207. The van der Waals surface area contributed by atoms with E-state index >= 15 is 0 Å². The van der Waals surface area contributed by atoms with Gasteiger partial charge in [-0.2, -0.15) is 0 Å². The lowest BCUT2D eigenvalue weighted by Crippen LogP contribution is -2.19. The number of hydrogen-bond donors (Lipinski definition) is 1. The van der Waals surface area contributed by atoms with Gasteiger partial charge >= 0.3 is 5.97 Å². The number of ether oxygens (including phenoxy) is 1. The van der Waals surface area contributed by atoms with Crippen molar-refractivity contribution in [1.82, 2.24) is 9.55 Å². The Morgan fingerprint density at radius 1 is 1.03 bits per heavy atom. The second-order valence-corrected chi connectivity index (χ2v) is 11.2. The van der Waals surface area contributed by atoms with Crippen LogP contribution in [-0.4, -0.2) is 34.8 Å². The summed E-state index contributed by atoms with van der Waals surface area (Å²) in [6.45, 7) is 0.447. The van der Waals surface area contributed by atoms with Gasteiger partial charge in [-0.3, -0.25) is 4.79 Å². The summed E-state index contributed by atoms with van der Waals surface area (Å²) in [6, 6.07) is 18.2. The minimum atomic E-state index is -3.88. The van der Waals surface area contributed by atoms with E-state index in [2.05, 4.69) is 4.98 Å². The number of benzene rings is 3. The first-order valence-electron chi connectivity index (χ1n) is 12.2. The number of nitrogens with zero attached hydrogens (tertiary/aromatic N) is 2. The van der Waals surface area contributed by atoms with Crippen molar-refractivity contribution in [1.29, 1.82) is 0 Å². The van der Waals surface area contributed by atoms with Gasteiger partial charge in [-0.1, -0.05) is 30.3 Å². The van der Waals surface area contributed by atoms with Crippen LogP contribution in [0.3, 0.4) is 0 Å². The molecule has 0 saturated carbocycles. The van der Waals surface area contributed by atoms with Crippen molar-refractivity contribution < 1.29 is 27.9 Å². The van der Waals surface area contributed by atoms with Gasteiger partial charge in [0.2, 0.25) is 0 Å². The number of carboxylic acids is 1. The lowest BCUT2D eigenvalue weighted by molar-refractivity contribution is 0.0696. The Morgan fingerprint density at radius 2 is 1.79 bits per heavy atom. The van der Waals surface area contributed by atoms with Crippen LogP contribution >= 0.6 is 0 Å². The first-order chi connectivity index (χ1) is 18.3. The predicted molar refractivity (Wildman–Crippen MR) is 140 cm³/mol. The van der Waals surface area contributed by atoms with E-state index in [9.17, 15) is 23.1 Å². The highest BCUT2D eigenvalue weighted by molar-refractivity contribution is 7.90. The molecule has 3 aromatic carbocycles. The maximum Gasteiger partial charge on any atom is 0.335 e. The number of aromatic carboxylic acids is 1. The second-order valence-electron chi connectivity index (χ2n) is 9.21. The number of aromatic nitrogens is 2. The molecule has 1 N–H and O–H groups in total. The highest BCUT2D eigenvalue weighted by Crippen LogP contribution is 2.36. The molecule has 194 valence electrons. The molecule has 0 aliphatic heterocycles. The van der Waals surface area contributed by atoms with Gasteiger partial charge in [-0.05, 0) is 60.4 Å². The van der Waals surface area contributed by atoms with Gasteiger partial charge in [0.15, 0.2) is 15.6 Å².